The molecule has 9 heteroatoms. The zero-order chi connectivity index (χ0) is 25.3. The summed E-state index contributed by atoms with van der Waals surface area (Å²) in [5.74, 6) is -0.157. The predicted molar refractivity (Wildman–Crippen MR) is 136 cm³/mol. The largest absolute Gasteiger partial charge is 0.508 e. The van der Waals surface area contributed by atoms with Crippen LogP contribution < -0.4 is 5.32 Å². The molecule has 0 radical (unpaired) electrons. The van der Waals surface area contributed by atoms with Gasteiger partial charge in [-0.05, 0) is 51.0 Å². The van der Waals surface area contributed by atoms with E-state index in [1.54, 1.807) is 25.1 Å². The number of benzene rings is 1. The first kappa shape index (κ1) is 24.8. The maximum atomic E-state index is 13.2. The third-order valence-electron chi connectivity index (χ3n) is 6.30. The lowest BCUT2D eigenvalue weighted by Gasteiger charge is -2.33. The van der Waals surface area contributed by atoms with Crippen molar-refractivity contribution in [2.45, 2.75) is 58.8 Å². The average molecular weight is 494 g/mol. The van der Waals surface area contributed by atoms with E-state index in [1.807, 2.05) is 24.0 Å². The lowest BCUT2D eigenvalue weighted by atomic mass is 9.89. The van der Waals surface area contributed by atoms with E-state index >= 15 is 0 Å². The van der Waals surface area contributed by atoms with Crippen molar-refractivity contribution in [1.82, 2.24) is 20.1 Å². The van der Waals surface area contributed by atoms with E-state index < -0.39 is 0 Å². The summed E-state index contributed by atoms with van der Waals surface area (Å²) >= 11 is 1.37. The molecule has 0 saturated carbocycles. The van der Waals surface area contributed by atoms with Crippen molar-refractivity contribution in [1.29, 1.82) is 0 Å². The van der Waals surface area contributed by atoms with Crippen molar-refractivity contribution in [2.75, 3.05) is 18.4 Å². The third-order valence-corrected chi connectivity index (χ3v) is 7.56. The van der Waals surface area contributed by atoms with E-state index in [0.29, 0.717) is 47.8 Å². The van der Waals surface area contributed by atoms with E-state index in [2.05, 4.69) is 36.3 Å². The summed E-state index contributed by atoms with van der Waals surface area (Å²) < 4.78 is 0. The number of hydrogen-bond acceptors (Lipinski definition) is 7. The van der Waals surface area contributed by atoms with Gasteiger partial charge in [-0.1, -0.05) is 38.2 Å². The van der Waals surface area contributed by atoms with Crippen LogP contribution in [0.3, 0.4) is 0 Å². The number of nitrogens with zero attached hydrogens (tertiary/aromatic N) is 4. The van der Waals surface area contributed by atoms with Gasteiger partial charge in [-0.15, -0.1) is 10.2 Å². The van der Waals surface area contributed by atoms with Crippen molar-refractivity contribution < 1.29 is 14.7 Å². The molecule has 0 aliphatic carbocycles. The lowest BCUT2D eigenvalue weighted by Crippen LogP contribution is -2.38. The number of aryl methyl sites for hydroxylation is 1. The van der Waals surface area contributed by atoms with Crippen LogP contribution in [0.2, 0.25) is 0 Å². The maximum absolute atomic E-state index is 13.2. The van der Waals surface area contributed by atoms with Gasteiger partial charge in [0.15, 0.2) is 0 Å². The summed E-state index contributed by atoms with van der Waals surface area (Å²) in [6.07, 6.45) is 1.40. The zero-order valence-electron chi connectivity index (χ0n) is 20.8. The summed E-state index contributed by atoms with van der Waals surface area (Å²) in [6.45, 7) is 10.9. The molecule has 2 amide bonds. The van der Waals surface area contributed by atoms with Gasteiger partial charge >= 0.3 is 0 Å². The number of rotatable bonds is 4. The molecule has 4 rings (SSSR count). The second-order valence-corrected chi connectivity index (χ2v) is 11.0. The van der Waals surface area contributed by atoms with Crippen LogP contribution in [-0.4, -0.2) is 50.1 Å². The average Bonchev–Trinajstić information content (AvgIpc) is 3.29. The second-order valence-electron chi connectivity index (χ2n) is 10.0. The Morgan fingerprint density at radius 1 is 1.06 bits per heavy atom. The molecule has 184 valence electrons. The molecule has 1 aromatic carbocycles. The molecule has 2 aromatic heterocycles. The monoisotopic (exact) mass is 493 g/mol. The van der Waals surface area contributed by atoms with Crippen LogP contribution in [0, 0.1) is 13.8 Å². The van der Waals surface area contributed by atoms with Crippen molar-refractivity contribution in [3.63, 3.8) is 0 Å². The summed E-state index contributed by atoms with van der Waals surface area (Å²) in [5, 5.41) is 22.5. The summed E-state index contributed by atoms with van der Waals surface area (Å²) in [5.41, 5.74) is 3.09. The highest BCUT2D eigenvalue weighted by Gasteiger charge is 2.29. The number of aromatic nitrogens is 3. The standard InChI is InChI=1S/C26H31N5O3S/c1-15-9-10-19(22(33)28-25-30-29-24(35-25)26(3,4)5)21(27-15)17-11-13-31(14-12-17)23(34)18-7-6-8-20(32)16(18)2/h6-10,17,32H,11-14H2,1-5H3,(H,28,30,33). The zero-order valence-corrected chi connectivity index (χ0v) is 21.6. The van der Waals surface area contributed by atoms with Crippen molar-refractivity contribution in [3.05, 3.63) is 63.4 Å². The summed E-state index contributed by atoms with van der Waals surface area (Å²) in [6, 6.07) is 8.66. The molecule has 3 aromatic rings. The number of anilines is 1. The number of likely N-dealkylation sites (tertiary alicyclic amines) is 1. The molecule has 1 aliphatic rings. The number of pyridine rings is 1. The Hall–Kier alpha value is -3.33. The second kappa shape index (κ2) is 9.73. The van der Waals surface area contributed by atoms with Crippen LogP contribution >= 0.6 is 11.3 Å². The van der Waals surface area contributed by atoms with Crippen LogP contribution in [0.25, 0.3) is 0 Å². The topological polar surface area (TPSA) is 108 Å². The van der Waals surface area contributed by atoms with E-state index in [4.69, 9.17) is 4.98 Å². The predicted octanol–water partition coefficient (Wildman–Crippen LogP) is 4.83. The number of hydrogen-bond donors (Lipinski definition) is 2. The lowest BCUT2D eigenvalue weighted by molar-refractivity contribution is 0.0709. The molecular formula is C26H31N5O3S. The highest BCUT2D eigenvalue weighted by Crippen LogP contribution is 2.32. The van der Waals surface area contributed by atoms with Gasteiger partial charge in [0.05, 0.1) is 11.3 Å². The van der Waals surface area contributed by atoms with Crippen molar-refractivity contribution in [3.8, 4) is 5.75 Å². The Morgan fingerprint density at radius 3 is 2.43 bits per heavy atom. The molecule has 0 unspecified atom stereocenters. The van der Waals surface area contributed by atoms with Gasteiger partial charge in [-0.25, -0.2) is 0 Å². The first-order valence-corrected chi connectivity index (χ1v) is 12.6. The van der Waals surface area contributed by atoms with Crippen LogP contribution in [0.5, 0.6) is 5.75 Å². The Labute approximate surface area is 209 Å². The van der Waals surface area contributed by atoms with Crippen LogP contribution in [-0.2, 0) is 5.41 Å². The Kier molecular flexibility index (Phi) is 6.89. The molecule has 1 fully saturated rings. The van der Waals surface area contributed by atoms with E-state index in [-0.39, 0.29) is 28.9 Å². The molecule has 8 nitrogen and oxygen atoms in total. The molecule has 3 heterocycles. The third kappa shape index (κ3) is 5.35. The fourth-order valence-electron chi connectivity index (χ4n) is 4.20. The molecule has 35 heavy (non-hydrogen) atoms. The van der Waals surface area contributed by atoms with Gasteiger partial charge < -0.3 is 10.0 Å². The quantitative estimate of drug-likeness (QED) is 0.539. The van der Waals surface area contributed by atoms with Gasteiger partial charge in [0.2, 0.25) is 5.13 Å². The van der Waals surface area contributed by atoms with Gasteiger partial charge in [-0.2, -0.15) is 0 Å². The number of phenols is 1. The van der Waals surface area contributed by atoms with Gasteiger partial charge in [0.25, 0.3) is 11.8 Å². The SMILES string of the molecule is Cc1ccc(C(=O)Nc2nnc(C(C)(C)C)s2)c(C2CCN(C(=O)c3cccc(O)c3C)CC2)n1. The van der Waals surface area contributed by atoms with Crippen molar-refractivity contribution >= 4 is 28.3 Å². The normalized spacial score (nSPS) is 14.7. The van der Waals surface area contributed by atoms with Gasteiger partial charge in [0.1, 0.15) is 10.8 Å². The minimum absolute atomic E-state index is 0.0597. The molecule has 1 aliphatic heterocycles. The first-order chi connectivity index (χ1) is 16.5. The van der Waals surface area contributed by atoms with Crippen LogP contribution in [0.1, 0.15) is 82.2 Å². The van der Waals surface area contributed by atoms with Crippen LogP contribution in [0.4, 0.5) is 5.13 Å². The smallest absolute Gasteiger partial charge is 0.259 e. The number of amides is 2. The number of nitrogens with one attached hydrogen (secondary N) is 1. The highest BCUT2D eigenvalue weighted by molar-refractivity contribution is 7.15. The molecule has 0 bridgehead atoms. The van der Waals surface area contributed by atoms with E-state index in [0.717, 1.165) is 16.4 Å². The molecular weight excluding hydrogens is 462 g/mol. The summed E-state index contributed by atoms with van der Waals surface area (Å²) in [7, 11) is 0. The molecule has 0 spiro atoms. The van der Waals surface area contributed by atoms with Gasteiger partial charge in [-0.3, -0.25) is 19.9 Å². The summed E-state index contributed by atoms with van der Waals surface area (Å²) in [4.78, 5) is 32.8. The van der Waals surface area contributed by atoms with Crippen molar-refractivity contribution in [2.24, 2.45) is 0 Å². The number of aromatic hydroxyl groups is 1. The first-order valence-electron chi connectivity index (χ1n) is 11.8. The molecule has 0 atom stereocenters. The minimum atomic E-state index is -0.252. The number of carbonyl (C=O) groups is 2. The Bertz CT molecular complexity index is 1260. The highest BCUT2D eigenvalue weighted by atomic mass is 32.1. The number of piperidine rings is 1. The molecule has 1 saturated heterocycles. The Balaban J connectivity index is 1.49. The fraction of sp³-hybridized carbons (Fsp3) is 0.423. The Morgan fingerprint density at radius 2 is 1.77 bits per heavy atom. The number of carbonyl (C=O) groups excluding carboxylic acids is 2. The fourth-order valence-corrected chi connectivity index (χ4v) is 5.00. The number of phenolic OH excluding ortho intramolecular Hbond substituents is 1. The minimum Gasteiger partial charge on any atom is -0.508 e. The van der Waals surface area contributed by atoms with Gasteiger partial charge in [0, 0.05) is 41.2 Å². The molecule has 2 N–H and O–H groups in total. The maximum Gasteiger partial charge on any atom is 0.259 e. The van der Waals surface area contributed by atoms with E-state index in [9.17, 15) is 14.7 Å². The van der Waals surface area contributed by atoms with Crippen LogP contribution in [0.15, 0.2) is 30.3 Å². The van der Waals surface area contributed by atoms with E-state index in [1.165, 1.54) is 11.3 Å².